The number of rotatable bonds is 2. The van der Waals surface area contributed by atoms with Gasteiger partial charge in [0.1, 0.15) is 11.3 Å². The van der Waals surface area contributed by atoms with Crippen molar-refractivity contribution in [3.05, 3.63) is 33.9 Å². The van der Waals surface area contributed by atoms with Crippen LogP contribution in [0.15, 0.2) is 18.2 Å². The van der Waals surface area contributed by atoms with Gasteiger partial charge in [0.05, 0.1) is 4.92 Å². The molecule has 1 fully saturated rings. The topological polar surface area (TPSA) is 86.9 Å². The predicted octanol–water partition coefficient (Wildman–Crippen LogP) is 1.08. The fourth-order valence-electron chi connectivity index (χ4n) is 2.27. The van der Waals surface area contributed by atoms with E-state index in [9.17, 15) is 20.0 Å². The average Bonchev–Trinajstić information content (AvgIpc) is 2.62. The van der Waals surface area contributed by atoms with E-state index in [1.54, 1.807) is 4.90 Å². The Morgan fingerprint density at radius 2 is 2.05 bits per heavy atom. The lowest BCUT2D eigenvalue weighted by Crippen LogP contribution is -2.34. The zero-order valence-electron chi connectivity index (χ0n) is 11.3. The molecule has 1 aromatic rings. The van der Waals surface area contributed by atoms with E-state index in [1.807, 2.05) is 7.05 Å². The normalized spacial score (nSPS) is 16.8. The number of phenols is 1. The molecule has 7 nitrogen and oxygen atoms in total. The van der Waals surface area contributed by atoms with Gasteiger partial charge < -0.3 is 14.9 Å². The number of carbonyl (C=O) groups excluding carboxylic acids is 1. The molecule has 0 spiro atoms. The molecule has 0 saturated carbocycles. The molecular formula is C13H17N3O4. The number of phenolic OH excluding ortho intramolecular Hbond substituents is 1. The van der Waals surface area contributed by atoms with Crippen LogP contribution in [0.25, 0.3) is 0 Å². The number of nitrogens with zero attached hydrogens (tertiary/aromatic N) is 3. The van der Waals surface area contributed by atoms with Crippen molar-refractivity contribution in [3.8, 4) is 5.75 Å². The Balaban J connectivity index is 2.28. The highest BCUT2D eigenvalue weighted by Crippen LogP contribution is 2.25. The Bertz CT molecular complexity index is 532. The molecule has 1 amide bonds. The lowest BCUT2D eigenvalue weighted by molar-refractivity contribution is -0.385. The molecule has 1 saturated heterocycles. The standard InChI is InChI=1S/C13H17N3O4/c1-14-5-2-6-15(8-7-14)13(18)11-9-10(17)3-4-12(11)16(19)20/h3-4,9,17H,2,5-8H2,1H3. The van der Waals surface area contributed by atoms with Crippen LogP contribution >= 0.6 is 0 Å². The number of amides is 1. The van der Waals surface area contributed by atoms with E-state index in [0.29, 0.717) is 13.1 Å². The number of likely N-dealkylation sites (N-methyl/N-ethyl adjacent to an activating group) is 1. The molecule has 0 atom stereocenters. The van der Waals surface area contributed by atoms with Gasteiger partial charge in [-0.25, -0.2) is 0 Å². The highest BCUT2D eigenvalue weighted by molar-refractivity contribution is 5.98. The van der Waals surface area contributed by atoms with Crippen molar-refractivity contribution in [2.24, 2.45) is 0 Å². The minimum absolute atomic E-state index is 0.0560. The first-order valence-corrected chi connectivity index (χ1v) is 6.44. The summed E-state index contributed by atoms with van der Waals surface area (Å²) >= 11 is 0. The summed E-state index contributed by atoms with van der Waals surface area (Å²) in [5.74, 6) is -0.547. The maximum atomic E-state index is 12.4. The number of carbonyl (C=O) groups is 1. The summed E-state index contributed by atoms with van der Waals surface area (Å²) in [5.41, 5.74) is -0.329. The highest BCUT2D eigenvalue weighted by atomic mass is 16.6. The second-order valence-electron chi connectivity index (χ2n) is 4.91. The van der Waals surface area contributed by atoms with E-state index in [-0.39, 0.29) is 17.0 Å². The van der Waals surface area contributed by atoms with Crippen LogP contribution < -0.4 is 0 Å². The third kappa shape index (κ3) is 3.05. The third-order valence-corrected chi connectivity index (χ3v) is 3.41. The van der Waals surface area contributed by atoms with E-state index in [0.717, 1.165) is 31.6 Å². The van der Waals surface area contributed by atoms with Crippen LogP contribution in [0, 0.1) is 10.1 Å². The first kappa shape index (κ1) is 14.3. The van der Waals surface area contributed by atoms with Crippen LogP contribution in [0.1, 0.15) is 16.8 Å². The van der Waals surface area contributed by atoms with Crippen molar-refractivity contribution in [3.63, 3.8) is 0 Å². The lowest BCUT2D eigenvalue weighted by atomic mass is 10.1. The minimum Gasteiger partial charge on any atom is -0.508 e. The monoisotopic (exact) mass is 279 g/mol. The van der Waals surface area contributed by atoms with E-state index in [2.05, 4.69) is 4.90 Å². The van der Waals surface area contributed by atoms with Crippen molar-refractivity contribution < 1.29 is 14.8 Å². The zero-order valence-corrected chi connectivity index (χ0v) is 11.3. The summed E-state index contributed by atoms with van der Waals surface area (Å²) in [6.07, 6.45) is 0.828. The molecule has 0 aromatic heterocycles. The molecule has 1 aliphatic rings. The molecule has 0 aliphatic carbocycles. The molecule has 0 bridgehead atoms. The van der Waals surface area contributed by atoms with E-state index in [4.69, 9.17) is 0 Å². The fourth-order valence-corrected chi connectivity index (χ4v) is 2.27. The zero-order chi connectivity index (χ0) is 14.7. The smallest absolute Gasteiger partial charge is 0.282 e. The Hall–Kier alpha value is -2.15. The molecular weight excluding hydrogens is 262 g/mol. The van der Waals surface area contributed by atoms with Crippen LogP contribution in [0.2, 0.25) is 0 Å². The number of benzene rings is 1. The molecule has 0 radical (unpaired) electrons. The molecule has 0 unspecified atom stereocenters. The van der Waals surface area contributed by atoms with Crippen LogP contribution in [-0.2, 0) is 0 Å². The number of nitro benzene ring substituents is 1. The van der Waals surface area contributed by atoms with Gasteiger partial charge in [0, 0.05) is 25.7 Å². The second kappa shape index (κ2) is 5.87. The number of nitro groups is 1. The van der Waals surface area contributed by atoms with Crippen molar-refractivity contribution in [2.75, 3.05) is 33.2 Å². The third-order valence-electron chi connectivity index (χ3n) is 3.41. The van der Waals surface area contributed by atoms with Crippen molar-refractivity contribution in [2.45, 2.75) is 6.42 Å². The van der Waals surface area contributed by atoms with Crippen LogP contribution in [0.3, 0.4) is 0 Å². The highest BCUT2D eigenvalue weighted by Gasteiger charge is 2.26. The van der Waals surface area contributed by atoms with Crippen molar-refractivity contribution >= 4 is 11.6 Å². The number of hydrogen-bond donors (Lipinski definition) is 1. The lowest BCUT2D eigenvalue weighted by Gasteiger charge is -2.20. The summed E-state index contributed by atoms with van der Waals surface area (Å²) in [6.45, 7) is 2.72. The maximum absolute atomic E-state index is 12.4. The Labute approximate surface area is 116 Å². The Morgan fingerprint density at radius 1 is 1.30 bits per heavy atom. The van der Waals surface area contributed by atoms with Gasteiger partial charge in [-0.05, 0) is 32.1 Å². The molecule has 108 valence electrons. The summed E-state index contributed by atoms with van der Waals surface area (Å²) < 4.78 is 0. The van der Waals surface area contributed by atoms with Gasteiger partial charge in [0.2, 0.25) is 0 Å². The van der Waals surface area contributed by atoms with Crippen LogP contribution in [0.4, 0.5) is 5.69 Å². The Morgan fingerprint density at radius 3 is 2.75 bits per heavy atom. The van der Waals surface area contributed by atoms with Gasteiger partial charge in [0.25, 0.3) is 11.6 Å². The van der Waals surface area contributed by atoms with E-state index < -0.39 is 10.8 Å². The second-order valence-corrected chi connectivity index (χ2v) is 4.91. The van der Waals surface area contributed by atoms with Gasteiger partial charge in [-0.2, -0.15) is 0 Å². The molecule has 20 heavy (non-hydrogen) atoms. The fraction of sp³-hybridized carbons (Fsp3) is 0.462. The van der Waals surface area contributed by atoms with Gasteiger partial charge in [0.15, 0.2) is 0 Å². The molecule has 1 aliphatic heterocycles. The first-order valence-electron chi connectivity index (χ1n) is 6.44. The number of hydrogen-bond acceptors (Lipinski definition) is 5. The quantitative estimate of drug-likeness (QED) is 0.646. The van der Waals surface area contributed by atoms with E-state index in [1.165, 1.54) is 6.07 Å². The van der Waals surface area contributed by atoms with Gasteiger partial charge in [-0.1, -0.05) is 0 Å². The summed E-state index contributed by atoms with van der Waals surface area (Å²) in [5, 5.41) is 20.4. The van der Waals surface area contributed by atoms with E-state index >= 15 is 0 Å². The molecule has 7 heteroatoms. The molecule has 1 aromatic carbocycles. The summed E-state index contributed by atoms with van der Waals surface area (Å²) in [7, 11) is 1.98. The van der Waals surface area contributed by atoms with Crippen molar-refractivity contribution in [1.29, 1.82) is 0 Å². The molecule has 2 rings (SSSR count). The van der Waals surface area contributed by atoms with Gasteiger partial charge in [-0.3, -0.25) is 14.9 Å². The predicted molar refractivity (Wildman–Crippen MR) is 72.8 cm³/mol. The molecule has 1 N–H and O–H groups in total. The first-order chi connectivity index (χ1) is 9.49. The van der Waals surface area contributed by atoms with Gasteiger partial charge in [-0.15, -0.1) is 0 Å². The average molecular weight is 279 g/mol. The van der Waals surface area contributed by atoms with Crippen LogP contribution in [0.5, 0.6) is 5.75 Å². The number of aromatic hydroxyl groups is 1. The SMILES string of the molecule is CN1CCCN(C(=O)c2cc(O)ccc2[N+](=O)[O-])CC1. The van der Waals surface area contributed by atoms with Crippen LogP contribution in [-0.4, -0.2) is 59.0 Å². The molecule has 1 heterocycles. The summed E-state index contributed by atoms with van der Waals surface area (Å²) in [6, 6.07) is 3.53. The summed E-state index contributed by atoms with van der Waals surface area (Å²) in [4.78, 5) is 26.5. The Kier molecular flexibility index (Phi) is 4.19. The largest absolute Gasteiger partial charge is 0.508 e. The van der Waals surface area contributed by atoms with Gasteiger partial charge >= 0.3 is 0 Å². The maximum Gasteiger partial charge on any atom is 0.282 e. The minimum atomic E-state index is -0.601. The van der Waals surface area contributed by atoms with Crippen molar-refractivity contribution in [1.82, 2.24) is 9.80 Å².